The molecule has 4 heteroatoms. The first kappa shape index (κ1) is 8.74. The first-order valence-electron chi connectivity index (χ1n) is 4.18. The van der Waals surface area contributed by atoms with Gasteiger partial charge in [0.2, 0.25) is 0 Å². The third kappa shape index (κ3) is 0.937. The lowest BCUT2D eigenvalue weighted by Gasteiger charge is -2.02. The van der Waals surface area contributed by atoms with E-state index in [-0.39, 0.29) is 23.1 Å². The Morgan fingerprint density at radius 1 is 1.14 bits per heavy atom. The Balaban J connectivity index is 2.71. The molecular weight excluding hydrogens is 182 g/mol. The highest BCUT2D eigenvalue weighted by atomic mass is 16.3. The topological polar surface area (TPSA) is 57.6 Å². The van der Waals surface area contributed by atoms with Crippen molar-refractivity contribution >= 4 is 11.8 Å². The van der Waals surface area contributed by atoms with Gasteiger partial charge in [-0.05, 0) is 24.6 Å². The van der Waals surface area contributed by atoms with Crippen molar-refractivity contribution in [2.75, 3.05) is 7.05 Å². The van der Waals surface area contributed by atoms with E-state index in [4.69, 9.17) is 0 Å². The second-order valence-electron chi connectivity index (χ2n) is 3.35. The smallest absolute Gasteiger partial charge is 0.261 e. The minimum atomic E-state index is -0.361. The van der Waals surface area contributed by atoms with Gasteiger partial charge in [-0.1, -0.05) is 0 Å². The van der Waals surface area contributed by atoms with Gasteiger partial charge in [0.15, 0.2) is 0 Å². The summed E-state index contributed by atoms with van der Waals surface area (Å²) in [4.78, 5) is 24.0. The zero-order valence-electron chi connectivity index (χ0n) is 7.87. The SMILES string of the molecule is Cc1cc2c(cc1O)C(=O)N(C)C2=O. The summed E-state index contributed by atoms with van der Waals surface area (Å²) in [5, 5.41) is 9.39. The van der Waals surface area contributed by atoms with E-state index in [0.717, 1.165) is 4.90 Å². The van der Waals surface area contributed by atoms with E-state index < -0.39 is 0 Å². The molecule has 1 aromatic rings. The van der Waals surface area contributed by atoms with Gasteiger partial charge >= 0.3 is 0 Å². The molecule has 2 rings (SSSR count). The highest BCUT2D eigenvalue weighted by molar-refractivity contribution is 6.21. The van der Waals surface area contributed by atoms with Gasteiger partial charge in [0.1, 0.15) is 5.75 Å². The molecule has 0 bridgehead atoms. The van der Waals surface area contributed by atoms with Crippen LogP contribution in [-0.2, 0) is 0 Å². The Kier molecular flexibility index (Phi) is 1.61. The molecule has 1 aromatic carbocycles. The van der Waals surface area contributed by atoms with Crippen LogP contribution in [0.15, 0.2) is 12.1 Å². The van der Waals surface area contributed by atoms with Crippen molar-refractivity contribution in [3.63, 3.8) is 0 Å². The standard InChI is InChI=1S/C10H9NO3/c1-5-3-6-7(4-8(5)12)10(14)11(2)9(6)13/h3-4,12H,1-2H3. The molecule has 1 N–H and O–H groups in total. The van der Waals surface area contributed by atoms with Crippen LogP contribution >= 0.6 is 0 Å². The number of carbonyl (C=O) groups is 2. The number of phenols is 1. The lowest BCUT2D eigenvalue weighted by atomic mass is 10.1. The van der Waals surface area contributed by atoms with E-state index in [1.807, 2.05) is 0 Å². The van der Waals surface area contributed by atoms with Crippen LogP contribution in [0.1, 0.15) is 26.3 Å². The number of hydrogen-bond acceptors (Lipinski definition) is 3. The second-order valence-corrected chi connectivity index (χ2v) is 3.35. The zero-order chi connectivity index (χ0) is 10.5. The number of fused-ring (bicyclic) bond motifs is 1. The molecule has 0 unspecified atom stereocenters. The fourth-order valence-electron chi connectivity index (χ4n) is 1.50. The maximum absolute atomic E-state index is 11.5. The lowest BCUT2D eigenvalue weighted by Crippen LogP contribution is -2.24. The van der Waals surface area contributed by atoms with E-state index in [2.05, 4.69) is 0 Å². The molecule has 1 aliphatic rings. The summed E-state index contributed by atoms with van der Waals surface area (Å²) in [6.07, 6.45) is 0. The fourth-order valence-corrected chi connectivity index (χ4v) is 1.50. The number of rotatable bonds is 0. The van der Waals surface area contributed by atoms with Crippen molar-refractivity contribution in [2.24, 2.45) is 0 Å². The number of nitrogens with zero attached hydrogens (tertiary/aromatic N) is 1. The summed E-state index contributed by atoms with van der Waals surface area (Å²) in [5.74, 6) is -0.631. The number of hydrogen-bond donors (Lipinski definition) is 1. The molecule has 72 valence electrons. The fraction of sp³-hybridized carbons (Fsp3) is 0.200. The number of aromatic hydroxyl groups is 1. The summed E-state index contributed by atoms with van der Waals surface area (Å²) >= 11 is 0. The maximum atomic E-state index is 11.5. The Labute approximate surface area is 80.8 Å². The summed E-state index contributed by atoms with van der Waals surface area (Å²) in [5.41, 5.74) is 1.24. The van der Waals surface area contributed by atoms with Crippen LogP contribution in [0, 0.1) is 6.92 Å². The molecule has 0 saturated carbocycles. The van der Waals surface area contributed by atoms with Gasteiger partial charge in [-0.2, -0.15) is 0 Å². The zero-order valence-corrected chi connectivity index (χ0v) is 7.87. The molecule has 0 spiro atoms. The van der Waals surface area contributed by atoms with Crippen molar-refractivity contribution in [1.82, 2.24) is 4.90 Å². The number of carbonyl (C=O) groups excluding carboxylic acids is 2. The molecular formula is C10H9NO3. The van der Waals surface area contributed by atoms with Gasteiger partial charge < -0.3 is 5.11 Å². The number of benzene rings is 1. The normalized spacial score (nSPS) is 14.9. The molecule has 4 nitrogen and oxygen atoms in total. The first-order chi connectivity index (χ1) is 6.52. The van der Waals surface area contributed by atoms with Crippen molar-refractivity contribution in [2.45, 2.75) is 6.92 Å². The molecule has 0 atom stereocenters. The monoisotopic (exact) mass is 191 g/mol. The van der Waals surface area contributed by atoms with Gasteiger partial charge in [-0.25, -0.2) is 0 Å². The van der Waals surface area contributed by atoms with Crippen molar-refractivity contribution in [3.05, 3.63) is 28.8 Å². The van der Waals surface area contributed by atoms with Gasteiger partial charge in [0, 0.05) is 7.05 Å². The Hall–Kier alpha value is -1.84. The van der Waals surface area contributed by atoms with E-state index in [1.165, 1.54) is 19.2 Å². The Bertz CT molecular complexity index is 410. The van der Waals surface area contributed by atoms with E-state index >= 15 is 0 Å². The third-order valence-corrected chi connectivity index (χ3v) is 2.41. The quantitative estimate of drug-likeness (QED) is 0.620. The molecule has 1 heterocycles. The number of imide groups is 1. The maximum Gasteiger partial charge on any atom is 0.261 e. The number of phenolic OH excluding ortho intramolecular Hbond substituents is 1. The van der Waals surface area contributed by atoms with Crippen molar-refractivity contribution in [1.29, 1.82) is 0 Å². The van der Waals surface area contributed by atoms with Crippen LogP contribution in [0.2, 0.25) is 0 Å². The van der Waals surface area contributed by atoms with Gasteiger partial charge in [0.25, 0.3) is 11.8 Å². The van der Waals surface area contributed by atoms with Crippen LogP contribution < -0.4 is 0 Å². The van der Waals surface area contributed by atoms with Crippen molar-refractivity contribution < 1.29 is 14.7 Å². The molecule has 0 fully saturated rings. The van der Waals surface area contributed by atoms with E-state index in [0.29, 0.717) is 11.1 Å². The van der Waals surface area contributed by atoms with Gasteiger partial charge in [-0.15, -0.1) is 0 Å². The van der Waals surface area contributed by atoms with Gasteiger partial charge in [0.05, 0.1) is 11.1 Å². The molecule has 0 saturated heterocycles. The van der Waals surface area contributed by atoms with Crippen LogP contribution in [0.4, 0.5) is 0 Å². The number of amides is 2. The third-order valence-electron chi connectivity index (χ3n) is 2.41. The highest BCUT2D eigenvalue weighted by Gasteiger charge is 2.33. The molecule has 14 heavy (non-hydrogen) atoms. The van der Waals surface area contributed by atoms with Crippen LogP contribution in [0.3, 0.4) is 0 Å². The minimum absolute atomic E-state index is 0.0419. The van der Waals surface area contributed by atoms with E-state index in [9.17, 15) is 14.7 Å². The van der Waals surface area contributed by atoms with Crippen LogP contribution in [-0.4, -0.2) is 28.9 Å². The molecule has 0 radical (unpaired) electrons. The number of aryl methyl sites for hydroxylation is 1. The first-order valence-corrected chi connectivity index (χ1v) is 4.18. The summed E-state index contributed by atoms with van der Waals surface area (Å²) < 4.78 is 0. The predicted octanol–water partition coefficient (Wildman–Crippen LogP) is 0.926. The largest absolute Gasteiger partial charge is 0.508 e. The molecule has 2 amide bonds. The van der Waals surface area contributed by atoms with Crippen molar-refractivity contribution in [3.8, 4) is 5.75 Å². The second kappa shape index (κ2) is 2.57. The average Bonchev–Trinajstić information content (AvgIpc) is 2.34. The lowest BCUT2D eigenvalue weighted by molar-refractivity contribution is 0.0693. The molecule has 0 aliphatic carbocycles. The van der Waals surface area contributed by atoms with Crippen LogP contribution in [0.5, 0.6) is 5.75 Å². The summed E-state index contributed by atoms with van der Waals surface area (Å²) in [6.45, 7) is 1.69. The summed E-state index contributed by atoms with van der Waals surface area (Å²) in [6, 6.07) is 2.88. The summed E-state index contributed by atoms with van der Waals surface area (Å²) in [7, 11) is 1.43. The Morgan fingerprint density at radius 2 is 1.64 bits per heavy atom. The highest BCUT2D eigenvalue weighted by Crippen LogP contribution is 2.28. The van der Waals surface area contributed by atoms with E-state index in [1.54, 1.807) is 6.92 Å². The predicted molar refractivity (Wildman–Crippen MR) is 49.3 cm³/mol. The minimum Gasteiger partial charge on any atom is -0.508 e. The molecule has 1 aliphatic heterocycles. The Morgan fingerprint density at radius 3 is 2.21 bits per heavy atom. The van der Waals surface area contributed by atoms with Crippen LogP contribution in [0.25, 0.3) is 0 Å². The average molecular weight is 191 g/mol. The van der Waals surface area contributed by atoms with Gasteiger partial charge in [-0.3, -0.25) is 14.5 Å². The molecule has 0 aromatic heterocycles.